The molecule has 1 aromatic carbocycles. The lowest BCUT2D eigenvalue weighted by Gasteiger charge is -2.38. The molecule has 0 aliphatic carbocycles. The molecule has 4 rings (SSSR count). The van der Waals surface area contributed by atoms with Gasteiger partial charge in [0.25, 0.3) is 0 Å². The third-order valence-electron chi connectivity index (χ3n) is 7.02. The summed E-state index contributed by atoms with van der Waals surface area (Å²) in [6.45, 7) is 7.75. The van der Waals surface area contributed by atoms with Gasteiger partial charge in [-0.3, -0.25) is 14.4 Å². The van der Waals surface area contributed by atoms with Gasteiger partial charge in [-0.15, -0.1) is 0 Å². The summed E-state index contributed by atoms with van der Waals surface area (Å²) in [4.78, 5) is 42.4. The Morgan fingerprint density at radius 2 is 1.94 bits per heavy atom. The molecule has 1 spiro atoms. The van der Waals surface area contributed by atoms with Crippen molar-refractivity contribution in [1.82, 2.24) is 15.5 Å². The average molecular weight is 536 g/mol. The van der Waals surface area contributed by atoms with E-state index in [1.54, 1.807) is 0 Å². The quantitative estimate of drug-likeness (QED) is 0.462. The number of rotatable bonds is 7. The van der Waals surface area contributed by atoms with Crippen LogP contribution in [0.5, 0.6) is 0 Å². The van der Waals surface area contributed by atoms with E-state index >= 15 is 0 Å². The number of carbonyl (C=O) groups is 3. The number of ether oxygens (including phenoxy) is 1. The summed E-state index contributed by atoms with van der Waals surface area (Å²) in [5.41, 5.74) is -0.966. The predicted molar refractivity (Wildman–Crippen MR) is 130 cm³/mol. The van der Waals surface area contributed by atoms with Crippen molar-refractivity contribution in [1.29, 1.82) is 0 Å². The monoisotopic (exact) mass is 535 g/mol. The second kappa shape index (κ2) is 9.24. The minimum Gasteiger partial charge on any atom is -0.394 e. The van der Waals surface area contributed by atoms with E-state index < -0.39 is 41.2 Å². The molecule has 9 heteroatoms. The molecule has 3 amide bonds. The molecular weight excluding hydrogens is 502 g/mol. The Balaban J connectivity index is 1.81. The SMILES string of the molecule is CCCNC(=O)[C@H]1[C@H]2C(=O)N([C@H](CO)c3ccccc3)C(C(=O)NC(C)(C)C)C23CC(Br)[C@@H]1O3. The van der Waals surface area contributed by atoms with Crippen LogP contribution in [0.25, 0.3) is 0 Å². The van der Waals surface area contributed by atoms with Gasteiger partial charge >= 0.3 is 0 Å². The molecule has 3 saturated heterocycles. The van der Waals surface area contributed by atoms with E-state index in [-0.39, 0.29) is 29.2 Å². The number of nitrogens with one attached hydrogen (secondary N) is 2. The van der Waals surface area contributed by atoms with E-state index in [0.717, 1.165) is 12.0 Å². The molecular formula is C25H34BrN3O5. The molecule has 34 heavy (non-hydrogen) atoms. The molecule has 7 atom stereocenters. The summed E-state index contributed by atoms with van der Waals surface area (Å²) in [6, 6.07) is 7.47. The molecule has 3 unspecified atom stereocenters. The number of likely N-dealkylation sites (tertiary alicyclic amines) is 1. The summed E-state index contributed by atoms with van der Waals surface area (Å²) < 4.78 is 6.48. The van der Waals surface area contributed by atoms with Crippen molar-refractivity contribution in [3.05, 3.63) is 35.9 Å². The first-order valence-corrected chi connectivity index (χ1v) is 12.9. The Bertz CT molecular complexity index is 952. The first kappa shape index (κ1) is 25.1. The fourth-order valence-corrected chi connectivity index (χ4v) is 6.78. The summed E-state index contributed by atoms with van der Waals surface area (Å²) in [5.74, 6) is -2.39. The number of halogens is 1. The van der Waals surface area contributed by atoms with E-state index in [1.807, 2.05) is 58.0 Å². The van der Waals surface area contributed by atoms with Crippen LogP contribution < -0.4 is 10.6 Å². The van der Waals surface area contributed by atoms with Gasteiger partial charge in [-0.2, -0.15) is 0 Å². The van der Waals surface area contributed by atoms with Crippen molar-refractivity contribution in [2.45, 2.75) is 74.7 Å². The van der Waals surface area contributed by atoms with Crippen molar-refractivity contribution < 1.29 is 24.2 Å². The van der Waals surface area contributed by atoms with Gasteiger partial charge in [0.15, 0.2) is 0 Å². The van der Waals surface area contributed by atoms with Crippen LogP contribution in [-0.2, 0) is 19.1 Å². The molecule has 1 aromatic rings. The van der Waals surface area contributed by atoms with Crippen LogP contribution in [0.4, 0.5) is 0 Å². The lowest BCUT2D eigenvalue weighted by atomic mass is 9.70. The first-order chi connectivity index (χ1) is 16.1. The normalized spacial score (nSPS) is 33.1. The number of fused-ring (bicyclic) bond motifs is 1. The number of hydrogen-bond donors (Lipinski definition) is 3. The third-order valence-corrected chi connectivity index (χ3v) is 7.86. The lowest BCUT2D eigenvalue weighted by Crippen LogP contribution is -2.59. The van der Waals surface area contributed by atoms with E-state index in [9.17, 15) is 19.5 Å². The Kier molecular flexibility index (Phi) is 6.83. The predicted octanol–water partition coefficient (Wildman–Crippen LogP) is 1.91. The van der Waals surface area contributed by atoms with Gasteiger partial charge in [0.2, 0.25) is 17.7 Å². The van der Waals surface area contributed by atoms with Gasteiger partial charge in [0.1, 0.15) is 11.6 Å². The highest BCUT2D eigenvalue weighted by molar-refractivity contribution is 9.09. The highest BCUT2D eigenvalue weighted by Crippen LogP contribution is 2.61. The number of benzene rings is 1. The van der Waals surface area contributed by atoms with Gasteiger partial charge < -0.3 is 25.4 Å². The molecule has 0 saturated carbocycles. The van der Waals surface area contributed by atoms with Crippen molar-refractivity contribution >= 4 is 33.7 Å². The van der Waals surface area contributed by atoms with E-state index in [0.29, 0.717) is 13.0 Å². The topological polar surface area (TPSA) is 108 Å². The molecule has 0 radical (unpaired) electrons. The number of amides is 3. The Hall–Kier alpha value is -1.97. The fraction of sp³-hybridized carbons (Fsp3) is 0.640. The van der Waals surface area contributed by atoms with Gasteiger partial charge in [0.05, 0.1) is 30.6 Å². The molecule has 3 N–H and O–H groups in total. The van der Waals surface area contributed by atoms with Crippen molar-refractivity contribution in [3.63, 3.8) is 0 Å². The van der Waals surface area contributed by atoms with Crippen LogP contribution in [-0.4, -0.2) is 69.0 Å². The van der Waals surface area contributed by atoms with Gasteiger partial charge in [-0.05, 0) is 39.2 Å². The number of carbonyl (C=O) groups excluding carboxylic acids is 3. The van der Waals surface area contributed by atoms with Crippen LogP contribution >= 0.6 is 15.9 Å². The first-order valence-electron chi connectivity index (χ1n) is 12.0. The van der Waals surface area contributed by atoms with Crippen LogP contribution in [0, 0.1) is 11.8 Å². The van der Waals surface area contributed by atoms with Crippen LogP contribution in [0.1, 0.15) is 52.1 Å². The Labute approximate surface area is 208 Å². The maximum atomic E-state index is 14.1. The highest BCUT2D eigenvalue weighted by Gasteiger charge is 2.77. The summed E-state index contributed by atoms with van der Waals surface area (Å²) >= 11 is 3.66. The van der Waals surface area contributed by atoms with Crippen molar-refractivity contribution in [3.8, 4) is 0 Å². The number of alkyl halides is 1. The maximum Gasteiger partial charge on any atom is 0.246 e. The minimum atomic E-state index is -1.15. The molecule has 8 nitrogen and oxygen atoms in total. The Morgan fingerprint density at radius 1 is 1.26 bits per heavy atom. The van der Waals surface area contributed by atoms with E-state index in [2.05, 4.69) is 26.6 Å². The van der Waals surface area contributed by atoms with E-state index in [4.69, 9.17) is 4.74 Å². The smallest absolute Gasteiger partial charge is 0.246 e. The fourth-order valence-electron chi connectivity index (χ4n) is 5.84. The van der Waals surface area contributed by atoms with Gasteiger partial charge in [-0.25, -0.2) is 0 Å². The number of aliphatic hydroxyl groups excluding tert-OH is 1. The number of aliphatic hydroxyl groups is 1. The largest absolute Gasteiger partial charge is 0.394 e. The minimum absolute atomic E-state index is 0.164. The summed E-state index contributed by atoms with van der Waals surface area (Å²) in [5, 5.41) is 16.3. The van der Waals surface area contributed by atoms with Crippen molar-refractivity contribution in [2.75, 3.05) is 13.2 Å². The average Bonchev–Trinajstić information content (AvgIpc) is 3.36. The second-order valence-corrected chi connectivity index (χ2v) is 11.7. The van der Waals surface area contributed by atoms with Crippen LogP contribution in [0.3, 0.4) is 0 Å². The van der Waals surface area contributed by atoms with Gasteiger partial charge in [-0.1, -0.05) is 53.2 Å². The number of hydrogen-bond acceptors (Lipinski definition) is 5. The maximum absolute atomic E-state index is 14.1. The number of nitrogens with zero attached hydrogens (tertiary/aromatic N) is 1. The zero-order chi connectivity index (χ0) is 24.8. The molecule has 3 aliphatic rings. The molecule has 0 aromatic heterocycles. The van der Waals surface area contributed by atoms with Crippen LogP contribution in [0.15, 0.2) is 30.3 Å². The molecule has 3 fully saturated rings. The van der Waals surface area contributed by atoms with E-state index in [1.165, 1.54) is 4.90 Å². The zero-order valence-electron chi connectivity index (χ0n) is 20.1. The van der Waals surface area contributed by atoms with Gasteiger partial charge in [0, 0.05) is 16.9 Å². The molecule has 186 valence electrons. The highest BCUT2D eigenvalue weighted by atomic mass is 79.9. The summed E-state index contributed by atoms with van der Waals surface area (Å²) in [7, 11) is 0. The molecule has 3 aliphatic heterocycles. The molecule has 2 bridgehead atoms. The van der Waals surface area contributed by atoms with Crippen molar-refractivity contribution in [2.24, 2.45) is 11.8 Å². The zero-order valence-corrected chi connectivity index (χ0v) is 21.7. The Morgan fingerprint density at radius 3 is 2.53 bits per heavy atom. The second-order valence-electron chi connectivity index (χ2n) is 10.5. The standard InChI is InChI=1S/C25H34BrN3O5/c1-5-11-27-21(31)17-18-23(33)29(16(13-30)14-9-7-6-8-10-14)20(22(32)28-24(2,3)4)25(18)12-15(26)19(17)34-25/h6-10,15-20,30H,5,11-13H2,1-4H3,(H,27,31)(H,28,32)/t15?,16-,17+,18+,19+,20?,25?/m1/s1. The van der Waals surface area contributed by atoms with Crippen LogP contribution in [0.2, 0.25) is 0 Å². The lowest BCUT2D eigenvalue weighted by molar-refractivity contribution is -0.146. The molecule has 3 heterocycles. The summed E-state index contributed by atoms with van der Waals surface area (Å²) in [6.07, 6.45) is 0.703. The third kappa shape index (κ3) is 4.05.